The van der Waals surface area contributed by atoms with Gasteiger partial charge in [0, 0.05) is 22.6 Å². The van der Waals surface area contributed by atoms with Crippen LogP contribution in [0.4, 0.5) is 5.69 Å². The zero-order valence-electron chi connectivity index (χ0n) is 8.64. The van der Waals surface area contributed by atoms with Crippen LogP contribution in [0.25, 0.3) is 0 Å². The fourth-order valence-corrected chi connectivity index (χ4v) is 2.09. The van der Waals surface area contributed by atoms with E-state index < -0.39 is 0 Å². The Kier molecular flexibility index (Phi) is 3.46. The summed E-state index contributed by atoms with van der Waals surface area (Å²) in [6.07, 6.45) is 3.54. The topological polar surface area (TPSA) is 51.8 Å². The number of pyridine rings is 2. The standard InChI is InChI=1S/C11H10BrN3S/c1-7-5-14-11(4-9(7)13)16-10-3-2-8(12)6-15-10/h2-6H,1H3,(H2,13,14). The Morgan fingerprint density at radius 3 is 2.56 bits per heavy atom. The molecule has 0 spiro atoms. The van der Waals surface area contributed by atoms with Crippen molar-refractivity contribution in [2.24, 2.45) is 0 Å². The van der Waals surface area contributed by atoms with Gasteiger partial charge in [-0.05, 0) is 46.6 Å². The van der Waals surface area contributed by atoms with Crippen molar-refractivity contribution < 1.29 is 0 Å². The van der Waals surface area contributed by atoms with Crippen LogP contribution in [-0.4, -0.2) is 9.97 Å². The smallest absolute Gasteiger partial charge is 0.104 e. The Morgan fingerprint density at radius 2 is 1.94 bits per heavy atom. The SMILES string of the molecule is Cc1cnc(Sc2ccc(Br)cn2)cc1N. The van der Waals surface area contributed by atoms with Crippen LogP contribution in [0.2, 0.25) is 0 Å². The molecule has 82 valence electrons. The van der Waals surface area contributed by atoms with E-state index in [1.54, 1.807) is 12.4 Å². The fraction of sp³-hybridized carbons (Fsp3) is 0.0909. The second-order valence-corrected chi connectivity index (χ2v) is 5.25. The Morgan fingerprint density at radius 1 is 1.19 bits per heavy atom. The van der Waals surface area contributed by atoms with E-state index in [0.717, 1.165) is 25.8 Å². The minimum absolute atomic E-state index is 0.759. The molecule has 0 radical (unpaired) electrons. The Labute approximate surface area is 107 Å². The summed E-state index contributed by atoms with van der Waals surface area (Å²) >= 11 is 4.84. The molecule has 2 N–H and O–H groups in total. The van der Waals surface area contributed by atoms with Crippen LogP contribution in [0.1, 0.15) is 5.56 Å². The van der Waals surface area contributed by atoms with Gasteiger partial charge in [0.2, 0.25) is 0 Å². The highest BCUT2D eigenvalue weighted by molar-refractivity contribution is 9.10. The number of nitrogens with two attached hydrogens (primary N) is 1. The molecule has 2 aromatic rings. The number of aryl methyl sites for hydroxylation is 1. The van der Waals surface area contributed by atoms with Crippen molar-refractivity contribution in [3.8, 4) is 0 Å². The number of rotatable bonds is 2. The highest BCUT2D eigenvalue weighted by Gasteiger charge is 2.02. The first kappa shape index (κ1) is 11.4. The molecule has 0 aliphatic heterocycles. The molecule has 0 fully saturated rings. The lowest BCUT2D eigenvalue weighted by molar-refractivity contribution is 1.08. The average molecular weight is 296 g/mol. The Bertz CT molecular complexity index is 499. The van der Waals surface area contributed by atoms with Gasteiger partial charge in [-0.2, -0.15) is 0 Å². The lowest BCUT2D eigenvalue weighted by Gasteiger charge is -2.03. The van der Waals surface area contributed by atoms with E-state index in [1.165, 1.54) is 11.8 Å². The zero-order valence-corrected chi connectivity index (χ0v) is 11.0. The van der Waals surface area contributed by atoms with E-state index in [4.69, 9.17) is 5.73 Å². The van der Waals surface area contributed by atoms with Crippen molar-refractivity contribution in [3.05, 3.63) is 40.6 Å². The van der Waals surface area contributed by atoms with Gasteiger partial charge in [-0.3, -0.25) is 0 Å². The number of nitrogens with zero attached hydrogens (tertiary/aromatic N) is 2. The average Bonchev–Trinajstić information content (AvgIpc) is 2.27. The molecule has 2 rings (SSSR count). The van der Waals surface area contributed by atoms with Gasteiger partial charge in [-0.15, -0.1) is 0 Å². The van der Waals surface area contributed by atoms with Crippen LogP contribution in [0.3, 0.4) is 0 Å². The molecule has 16 heavy (non-hydrogen) atoms. The first-order chi connectivity index (χ1) is 7.65. The molecule has 0 aliphatic carbocycles. The van der Waals surface area contributed by atoms with Crippen LogP contribution < -0.4 is 5.73 Å². The lowest BCUT2D eigenvalue weighted by Crippen LogP contribution is -1.92. The predicted octanol–water partition coefficient (Wildman–Crippen LogP) is 3.28. The largest absolute Gasteiger partial charge is 0.398 e. The van der Waals surface area contributed by atoms with Gasteiger partial charge in [0.1, 0.15) is 10.1 Å². The summed E-state index contributed by atoms with van der Waals surface area (Å²) in [4.78, 5) is 8.55. The minimum Gasteiger partial charge on any atom is -0.398 e. The fourth-order valence-electron chi connectivity index (χ4n) is 1.10. The van der Waals surface area contributed by atoms with Crippen molar-refractivity contribution in [2.45, 2.75) is 17.0 Å². The third-order valence-corrected chi connectivity index (χ3v) is 3.38. The van der Waals surface area contributed by atoms with Crippen LogP contribution in [0.15, 0.2) is 45.1 Å². The van der Waals surface area contributed by atoms with Gasteiger partial charge in [-0.25, -0.2) is 9.97 Å². The molecule has 2 heterocycles. The predicted molar refractivity (Wildman–Crippen MR) is 69.4 cm³/mol. The molecular weight excluding hydrogens is 286 g/mol. The number of halogens is 1. The summed E-state index contributed by atoms with van der Waals surface area (Å²) in [6.45, 7) is 1.94. The van der Waals surface area contributed by atoms with Crippen molar-refractivity contribution in [2.75, 3.05) is 5.73 Å². The monoisotopic (exact) mass is 295 g/mol. The molecule has 0 amide bonds. The molecule has 0 aliphatic rings. The van der Waals surface area contributed by atoms with E-state index >= 15 is 0 Å². The minimum atomic E-state index is 0.759. The summed E-state index contributed by atoms with van der Waals surface area (Å²) in [5.41, 5.74) is 7.57. The number of hydrogen-bond donors (Lipinski definition) is 1. The summed E-state index contributed by atoms with van der Waals surface area (Å²) in [5.74, 6) is 0. The van der Waals surface area contributed by atoms with Crippen molar-refractivity contribution in [3.63, 3.8) is 0 Å². The molecule has 0 saturated carbocycles. The molecule has 0 atom stereocenters. The van der Waals surface area contributed by atoms with Gasteiger partial charge in [0.25, 0.3) is 0 Å². The van der Waals surface area contributed by atoms with Crippen LogP contribution in [0, 0.1) is 6.92 Å². The van der Waals surface area contributed by atoms with E-state index in [2.05, 4.69) is 25.9 Å². The highest BCUT2D eigenvalue weighted by atomic mass is 79.9. The van der Waals surface area contributed by atoms with E-state index in [-0.39, 0.29) is 0 Å². The van der Waals surface area contributed by atoms with Gasteiger partial charge in [-0.1, -0.05) is 11.8 Å². The molecule has 5 heteroatoms. The second-order valence-electron chi connectivity index (χ2n) is 3.30. The van der Waals surface area contributed by atoms with Gasteiger partial charge >= 0.3 is 0 Å². The molecule has 3 nitrogen and oxygen atoms in total. The molecule has 0 saturated heterocycles. The number of anilines is 1. The quantitative estimate of drug-likeness (QED) is 0.924. The lowest BCUT2D eigenvalue weighted by atomic mass is 10.3. The maximum absolute atomic E-state index is 5.82. The molecule has 2 aromatic heterocycles. The van der Waals surface area contributed by atoms with Gasteiger partial charge in [0.15, 0.2) is 0 Å². The van der Waals surface area contributed by atoms with Crippen molar-refractivity contribution in [1.82, 2.24) is 9.97 Å². The van der Waals surface area contributed by atoms with Crippen LogP contribution in [-0.2, 0) is 0 Å². The molecule has 0 bridgehead atoms. The third-order valence-electron chi connectivity index (χ3n) is 2.03. The van der Waals surface area contributed by atoms with Crippen LogP contribution in [0.5, 0.6) is 0 Å². The summed E-state index contributed by atoms with van der Waals surface area (Å²) in [5, 5.41) is 1.76. The van der Waals surface area contributed by atoms with Crippen molar-refractivity contribution >= 4 is 33.4 Å². The van der Waals surface area contributed by atoms with Crippen LogP contribution >= 0.6 is 27.7 Å². The third kappa shape index (κ3) is 2.74. The summed E-state index contributed by atoms with van der Waals surface area (Å²) in [7, 11) is 0. The van der Waals surface area contributed by atoms with Gasteiger partial charge in [0.05, 0.1) is 0 Å². The highest BCUT2D eigenvalue weighted by Crippen LogP contribution is 2.26. The molecule has 0 unspecified atom stereocenters. The van der Waals surface area contributed by atoms with E-state index in [0.29, 0.717) is 0 Å². The number of aromatic nitrogens is 2. The first-order valence-electron chi connectivity index (χ1n) is 4.66. The van der Waals surface area contributed by atoms with E-state index in [9.17, 15) is 0 Å². The Balaban J connectivity index is 2.20. The first-order valence-corrected chi connectivity index (χ1v) is 6.27. The van der Waals surface area contributed by atoms with Crippen molar-refractivity contribution in [1.29, 1.82) is 0 Å². The van der Waals surface area contributed by atoms with Gasteiger partial charge < -0.3 is 5.73 Å². The summed E-state index contributed by atoms with van der Waals surface area (Å²) in [6, 6.07) is 5.75. The maximum Gasteiger partial charge on any atom is 0.104 e. The second kappa shape index (κ2) is 4.84. The number of nitrogen functional groups attached to an aromatic ring is 1. The molecule has 0 aromatic carbocycles. The van der Waals surface area contributed by atoms with E-state index in [1.807, 2.05) is 25.1 Å². The number of hydrogen-bond acceptors (Lipinski definition) is 4. The maximum atomic E-state index is 5.82. The molecular formula is C11H10BrN3S. The summed E-state index contributed by atoms with van der Waals surface area (Å²) < 4.78 is 0.966. The zero-order chi connectivity index (χ0) is 11.5. The normalized spacial score (nSPS) is 10.4. The Hall–Kier alpha value is -1.07.